The van der Waals surface area contributed by atoms with Gasteiger partial charge in [0.25, 0.3) is 0 Å². The molecule has 0 aromatic carbocycles. The summed E-state index contributed by atoms with van der Waals surface area (Å²) < 4.78 is 35.3. The molecule has 8 nitrogen and oxygen atoms in total. The minimum absolute atomic E-state index is 0.0893. The predicted molar refractivity (Wildman–Crippen MR) is 289 cm³/mol. The van der Waals surface area contributed by atoms with E-state index in [0.717, 1.165) is 38.5 Å². The van der Waals surface area contributed by atoms with E-state index in [-0.39, 0.29) is 25.8 Å². The molecule has 1 N–H and O–H groups in total. The Labute approximate surface area is 416 Å². The Bertz CT molecular complexity index is 1170. The van der Waals surface area contributed by atoms with Gasteiger partial charge in [-0.3, -0.25) is 13.8 Å². The van der Waals surface area contributed by atoms with E-state index >= 15 is 0 Å². The summed E-state index contributed by atoms with van der Waals surface area (Å²) in [5, 5.41) is 0. The van der Waals surface area contributed by atoms with Crippen LogP contribution >= 0.6 is 7.82 Å². The Morgan fingerprint density at radius 1 is 0.463 bits per heavy atom. The normalized spacial score (nSPS) is 13.7. The summed E-state index contributed by atoms with van der Waals surface area (Å²) in [6, 6.07) is 0. The van der Waals surface area contributed by atoms with Crippen LogP contribution in [-0.4, -0.2) is 75.6 Å². The number of hydrogen-bond donors (Lipinski definition) is 1. The van der Waals surface area contributed by atoms with E-state index in [1.165, 1.54) is 212 Å². The first-order valence-corrected chi connectivity index (χ1v) is 30.2. The quantitative estimate of drug-likeness (QED) is 0.0213. The van der Waals surface area contributed by atoms with Gasteiger partial charge in [0, 0.05) is 13.0 Å². The van der Waals surface area contributed by atoms with E-state index in [1.807, 2.05) is 21.1 Å². The first-order valence-electron chi connectivity index (χ1n) is 28.7. The molecule has 0 aliphatic heterocycles. The molecule has 0 aliphatic rings. The van der Waals surface area contributed by atoms with E-state index in [1.54, 1.807) is 0 Å². The Hall–Kier alpha value is -1.28. The van der Waals surface area contributed by atoms with Crippen LogP contribution in [-0.2, 0) is 27.9 Å². The van der Waals surface area contributed by atoms with Crippen molar-refractivity contribution in [3.63, 3.8) is 0 Å². The maximum Gasteiger partial charge on any atom is 0.472 e. The molecule has 2 unspecified atom stereocenters. The average Bonchev–Trinajstić information content (AvgIpc) is 3.29. The SMILES string of the molecule is CCCCCCC/C=C\C/C=C\CCCCCCCCCCCCCCCC(=O)OC(COCCCCCCCCCCCC/C=C\CCCCCCCC)COP(=O)(O)OCC[N+](C)(C)C. The monoisotopic (exact) mass is 967 g/mol. The summed E-state index contributed by atoms with van der Waals surface area (Å²) in [7, 11) is 1.68. The van der Waals surface area contributed by atoms with Gasteiger partial charge < -0.3 is 18.9 Å². The minimum Gasteiger partial charge on any atom is -0.457 e. The predicted octanol–water partition coefficient (Wildman–Crippen LogP) is 18.1. The van der Waals surface area contributed by atoms with Crippen LogP contribution in [0.4, 0.5) is 0 Å². The zero-order valence-electron chi connectivity index (χ0n) is 45.2. The molecule has 0 saturated heterocycles. The molecule has 0 spiro atoms. The molecule has 0 fully saturated rings. The van der Waals surface area contributed by atoms with Crippen molar-refractivity contribution in [2.75, 3.05) is 54.1 Å². The Morgan fingerprint density at radius 2 is 0.821 bits per heavy atom. The number of quaternary nitrogens is 1. The topological polar surface area (TPSA) is 91.3 Å². The first kappa shape index (κ1) is 65.7. The number of nitrogens with zero attached hydrogens (tertiary/aromatic N) is 1. The van der Waals surface area contributed by atoms with Gasteiger partial charge in [0.05, 0.1) is 34.4 Å². The number of unbranched alkanes of at least 4 members (excludes halogenated alkanes) is 34. The fraction of sp³-hybridized carbons (Fsp3) is 0.879. The molecule has 0 aromatic heterocycles. The van der Waals surface area contributed by atoms with Crippen LogP contribution < -0.4 is 0 Å². The Kier molecular flexibility index (Phi) is 50.1. The highest BCUT2D eigenvalue weighted by Gasteiger charge is 2.26. The largest absolute Gasteiger partial charge is 0.472 e. The number of phosphoric acid groups is 1. The molecule has 67 heavy (non-hydrogen) atoms. The first-order chi connectivity index (χ1) is 32.6. The lowest BCUT2D eigenvalue weighted by molar-refractivity contribution is -0.870. The van der Waals surface area contributed by atoms with Gasteiger partial charge in [0.1, 0.15) is 19.3 Å². The van der Waals surface area contributed by atoms with Gasteiger partial charge in [0.15, 0.2) is 0 Å². The van der Waals surface area contributed by atoms with Crippen LogP contribution in [0.25, 0.3) is 0 Å². The minimum atomic E-state index is -4.28. The van der Waals surface area contributed by atoms with E-state index in [9.17, 15) is 14.3 Å². The van der Waals surface area contributed by atoms with Crippen LogP contribution in [0.1, 0.15) is 271 Å². The Morgan fingerprint density at radius 3 is 1.22 bits per heavy atom. The smallest absolute Gasteiger partial charge is 0.457 e. The molecule has 0 saturated carbocycles. The van der Waals surface area contributed by atoms with Crippen LogP contribution in [0, 0.1) is 0 Å². The maximum atomic E-state index is 12.8. The fourth-order valence-corrected chi connectivity index (χ4v) is 8.97. The van der Waals surface area contributed by atoms with E-state index in [0.29, 0.717) is 24.1 Å². The molecule has 0 radical (unpaired) electrons. The second kappa shape index (κ2) is 51.1. The molecule has 9 heteroatoms. The van der Waals surface area contributed by atoms with Crippen LogP contribution in [0.15, 0.2) is 36.5 Å². The van der Waals surface area contributed by atoms with Gasteiger partial charge in [-0.2, -0.15) is 0 Å². The summed E-state index contributed by atoms with van der Waals surface area (Å²) >= 11 is 0. The number of esters is 1. The average molecular weight is 968 g/mol. The highest BCUT2D eigenvalue weighted by atomic mass is 31.2. The van der Waals surface area contributed by atoms with Crippen molar-refractivity contribution < 1.29 is 37.3 Å². The molecule has 0 heterocycles. The molecule has 0 amide bonds. The van der Waals surface area contributed by atoms with Gasteiger partial charge in [0.2, 0.25) is 0 Å². The zero-order chi connectivity index (χ0) is 49.0. The fourth-order valence-electron chi connectivity index (χ4n) is 8.23. The van der Waals surface area contributed by atoms with Crippen molar-refractivity contribution in [1.82, 2.24) is 0 Å². The third kappa shape index (κ3) is 55.5. The lowest BCUT2D eigenvalue weighted by Crippen LogP contribution is -2.37. The summed E-state index contributed by atoms with van der Waals surface area (Å²) in [6.07, 6.45) is 63.4. The van der Waals surface area contributed by atoms with E-state index in [4.69, 9.17) is 18.5 Å². The number of carbonyl (C=O) groups excluding carboxylic acids is 1. The maximum absolute atomic E-state index is 12.8. The van der Waals surface area contributed by atoms with Crippen LogP contribution in [0.3, 0.4) is 0 Å². The number of hydrogen-bond acceptors (Lipinski definition) is 6. The number of rotatable bonds is 54. The van der Waals surface area contributed by atoms with Gasteiger partial charge in [-0.15, -0.1) is 0 Å². The second-order valence-corrected chi connectivity index (χ2v) is 22.1. The third-order valence-electron chi connectivity index (χ3n) is 12.7. The molecule has 0 aromatic rings. The van der Waals surface area contributed by atoms with Crippen molar-refractivity contribution in [3.05, 3.63) is 36.5 Å². The van der Waals surface area contributed by atoms with Crippen molar-refractivity contribution in [2.24, 2.45) is 0 Å². The van der Waals surface area contributed by atoms with Crippen LogP contribution in [0.2, 0.25) is 0 Å². The van der Waals surface area contributed by atoms with E-state index in [2.05, 4.69) is 50.3 Å². The van der Waals surface area contributed by atoms with Crippen LogP contribution in [0.5, 0.6) is 0 Å². The third-order valence-corrected chi connectivity index (χ3v) is 13.7. The standard InChI is InChI=1S/C58H112NO7P/c1-6-8-10-12-14-16-18-20-22-24-26-28-29-30-31-32-33-35-37-39-41-43-45-47-49-51-58(60)66-57(56-65-67(61,62)64-54-52-59(3,4)5)55-63-53-50-48-46-44-42-40-38-36-34-27-25-23-21-19-17-15-13-11-9-7-2/h18,20-21,23-24,26,57H,6-17,19,22,25,27-56H2,1-5H3/p+1/b20-18-,23-21-,26-24-. The zero-order valence-corrected chi connectivity index (χ0v) is 46.0. The highest BCUT2D eigenvalue weighted by Crippen LogP contribution is 2.43. The van der Waals surface area contributed by atoms with Crippen molar-refractivity contribution in [3.8, 4) is 0 Å². The molecule has 396 valence electrons. The second-order valence-electron chi connectivity index (χ2n) is 20.7. The molecular weight excluding hydrogens is 854 g/mol. The van der Waals surface area contributed by atoms with Crippen molar-refractivity contribution in [2.45, 2.75) is 277 Å². The van der Waals surface area contributed by atoms with Crippen molar-refractivity contribution in [1.29, 1.82) is 0 Å². The highest BCUT2D eigenvalue weighted by molar-refractivity contribution is 7.47. The molecule has 0 bridgehead atoms. The molecule has 2 atom stereocenters. The summed E-state index contributed by atoms with van der Waals surface area (Å²) in [4.78, 5) is 23.1. The molecular formula is C58H113NO7P+. The number of ether oxygens (including phenoxy) is 2. The number of likely N-dealkylation sites (N-methyl/N-ethyl adjacent to an activating group) is 1. The molecule has 0 rings (SSSR count). The molecule has 0 aliphatic carbocycles. The lowest BCUT2D eigenvalue weighted by Gasteiger charge is -2.24. The van der Waals surface area contributed by atoms with E-state index < -0.39 is 13.9 Å². The van der Waals surface area contributed by atoms with Gasteiger partial charge in [-0.25, -0.2) is 4.57 Å². The van der Waals surface area contributed by atoms with Gasteiger partial charge in [-0.1, -0.05) is 230 Å². The summed E-state index contributed by atoms with van der Waals surface area (Å²) in [6.45, 7) is 5.66. The number of phosphoric ester groups is 1. The van der Waals surface area contributed by atoms with Crippen molar-refractivity contribution >= 4 is 13.8 Å². The lowest BCUT2D eigenvalue weighted by atomic mass is 10.0. The number of allylic oxidation sites excluding steroid dienone is 6. The van der Waals surface area contributed by atoms with Gasteiger partial charge >= 0.3 is 13.8 Å². The summed E-state index contributed by atoms with van der Waals surface area (Å²) in [5.74, 6) is -0.311. The number of carbonyl (C=O) groups is 1. The summed E-state index contributed by atoms with van der Waals surface area (Å²) in [5.41, 5.74) is 0. The van der Waals surface area contributed by atoms with Gasteiger partial charge in [-0.05, 0) is 70.6 Å². The Balaban J connectivity index is 4.06.